The van der Waals surface area contributed by atoms with Crippen LogP contribution >= 0.6 is 0 Å². The minimum Gasteiger partial charge on any atom is -0.444 e. The van der Waals surface area contributed by atoms with E-state index in [1.54, 1.807) is 37.8 Å². The van der Waals surface area contributed by atoms with Crippen LogP contribution in [0.3, 0.4) is 0 Å². The van der Waals surface area contributed by atoms with E-state index >= 15 is 0 Å². The number of alkyl carbamates (subject to hydrolysis) is 1. The maximum absolute atomic E-state index is 12.5. The van der Waals surface area contributed by atoms with Crippen LogP contribution in [0.5, 0.6) is 0 Å². The molecule has 0 radical (unpaired) electrons. The molecule has 4 atom stereocenters. The number of hydrogen-bond donors (Lipinski definition) is 4. The highest BCUT2D eigenvalue weighted by atomic mass is 16.6. The van der Waals surface area contributed by atoms with Crippen LogP contribution in [0.2, 0.25) is 0 Å². The van der Waals surface area contributed by atoms with Gasteiger partial charge >= 0.3 is 12.2 Å². The van der Waals surface area contributed by atoms with Crippen molar-refractivity contribution in [1.82, 2.24) is 10.2 Å². The second-order valence-electron chi connectivity index (χ2n) is 12.4. The van der Waals surface area contributed by atoms with Gasteiger partial charge in [0.1, 0.15) is 16.9 Å². The Hall–Kier alpha value is -2.14. The topological polar surface area (TPSA) is 138 Å². The molecule has 1 aliphatic heterocycles. The first-order valence-electron chi connectivity index (χ1n) is 13.6. The van der Waals surface area contributed by atoms with Gasteiger partial charge in [0.05, 0.1) is 25.3 Å². The Morgan fingerprint density at radius 2 is 1.49 bits per heavy atom. The molecule has 1 heterocycles. The van der Waals surface area contributed by atoms with E-state index in [2.05, 4.69) is 18.5 Å². The number of ether oxygens (including phenoxy) is 3. The number of nitrogens with one attached hydrogen (secondary N) is 1. The number of carbonyl (C=O) groups excluding carboxylic acids is 2. The van der Waals surface area contributed by atoms with Gasteiger partial charge in [0.2, 0.25) is 0 Å². The number of amides is 2. The first-order chi connectivity index (χ1) is 17.9. The molecule has 39 heavy (non-hydrogen) atoms. The maximum Gasteiger partial charge on any atom is 0.412 e. The average molecular weight is 559 g/mol. The molecule has 0 bridgehead atoms. The zero-order valence-electron chi connectivity index (χ0n) is 25.4. The lowest BCUT2D eigenvalue weighted by Gasteiger charge is -2.35. The Bertz CT molecular complexity index is 757. The summed E-state index contributed by atoms with van der Waals surface area (Å²) in [5.41, 5.74) is -1.80. The predicted molar refractivity (Wildman–Crippen MR) is 152 cm³/mol. The second kappa shape index (κ2) is 16.8. The Kier molecular flexibility index (Phi) is 15.9. The van der Waals surface area contributed by atoms with Gasteiger partial charge in [0.25, 0.3) is 0 Å². The zero-order chi connectivity index (χ0) is 30.4. The van der Waals surface area contributed by atoms with Crippen LogP contribution in [0.1, 0.15) is 81.1 Å². The molecule has 228 valence electrons. The van der Waals surface area contributed by atoms with Crippen LogP contribution < -0.4 is 5.32 Å². The summed E-state index contributed by atoms with van der Waals surface area (Å²) in [4.78, 5) is 25.6. The van der Waals surface area contributed by atoms with Crippen molar-refractivity contribution in [2.75, 3.05) is 26.4 Å². The molecular formula is C29H54N2O8. The Labute approximate surface area is 235 Å². The summed E-state index contributed by atoms with van der Waals surface area (Å²) in [5.74, 6) is 0.0597. The molecule has 1 saturated heterocycles. The van der Waals surface area contributed by atoms with Gasteiger partial charge in [-0.1, -0.05) is 12.2 Å². The van der Waals surface area contributed by atoms with E-state index in [1.807, 2.05) is 34.6 Å². The summed E-state index contributed by atoms with van der Waals surface area (Å²) in [6.07, 6.45) is 5.09. The average Bonchev–Trinajstić information content (AvgIpc) is 3.09. The van der Waals surface area contributed by atoms with Crippen LogP contribution in [-0.4, -0.2) is 87.8 Å². The highest BCUT2D eigenvalue weighted by molar-refractivity contribution is 5.69. The maximum atomic E-state index is 12.5. The fraction of sp³-hybridized carbons (Fsp3) is 0.793. The van der Waals surface area contributed by atoms with Crippen LogP contribution in [0, 0.1) is 11.8 Å². The van der Waals surface area contributed by atoms with E-state index in [0.717, 1.165) is 6.42 Å². The Morgan fingerprint density at radius 1 is 0.974 bits per heavy atom. The first-order valence-corrected chi connectivity index (χ1v) is 13.6. The summed E-state index contributed by atoms with van der Waals surface area (Å²) >= 11 is 0. The predicted octanol–water partition coefficient (Wildman–Crippen LogP) is 4.38. The standard InChI is InChI=1S/C16H29NO4.C13H25NO4/c1-7-8-12(10-18)9-13-11-20-16(5,6)17(13)14(19)21-15(2,3)4;1-5-6-10(8-15)7-11(9-16)14-12(17)18-13(2,3)4/h7,12-13,18H,1,8-11H2,2-6H3;5,10-11,15-16H,1,6-9H2,2-4H3,(H,14,17)/t12-,13+;10-,11+/m11/s1. The van der Waals surface area contributed by atoms with Crippen molar-refractivity contribution in [1.29, 1.82) is 0 Å². The number of hydrogen-bond acceptors (Lipinski definition) is 8. The van der Waals surface area contributed by atoms with Gasteiger partial charge < -0.3 is 34.8 Å². The highest BCUT2D eigenvalue weighted by Crippen LogP contribution is 2.32. The first kappa shape index (κ1) is 36.9. The zero-order valence-corrected chi connectivity index (χ0v) is 25.4. The van der Waals surface area contributed by atoms with Crippen molar-refractivity contribution in [2.24, 2.45) is 11.8 Å². The lowest BCUT2D eigenvalue weighted by Crippen LogP contribution is -2.50. The third kappa shape index (κ3) is 15.3. The van der Waals surface area contributed by atoms with Gasteiger partial charge in [-0.05, 0) is 92.9 Å². The number of carbonyl (C=O) groups is 2. The number of rotatable bonds is 12. The molecule has 0 aliphatic carbocycles. The van der Waals surface area contributed by atoms with E-state index in [1.165, 1.54) is 0 Å². The molecule has 0 aromatic carbocycles. The summed E-state index contributed by atoms with van der Waals surface area (Å²) in [7, 11) is 0. The van der Waals surface area contributed by atoms with Gasteiger partial charge in [-0.3, -0.25) is 4.90 Å². The fourth-order valence-corrected chi connectivity index (χ4v) is 4.14. The van der Waals surface area contributed by atoms with E-state index in [9.17, 15) is 19.8 Å². The molecule has 0 aromatic rings. The van der Waals surface area contributed by atoms with Crippen molar-refractivity contribution in [3.8, 4) is 0 Å². The van der Waals surface area contributed by atoms with Crippen molar-refractivity contribution in [3.63, 3.8) is 0 Å². The van der Waals surface area contributed by atoms with Gasteiger partial charge in [-0.15, -0.1) is 13.2 Å². The Morgan fingerprint density at radius 3 is 1.92 bits per heavy atom. The molecule has 0 unspecified atom stereocenters. The fourth-order valence-electron chi connectivity index (χ4n) is 4.14. The second-order valence-corrected chi connectivity index (χ2v) is 12.4. The normalized spacial score (nSPS) is 19.2. The molecule has 1 rings (SSSR count). The lowest BCUT2D eigenvalue weighted by atomic mass is 9.97. The van der Waals surface area contributed by atoms with Crippen molar-refractivity contribution >= 4 is 12.2 Å². The van der Waals surface area contributed by atoms with E-state index < -0.39 is 29.1 Å². The molecule has 0 aromatic heterocycles. The van der Waals surface area contributed by atoms with E-state index in [-0.39, 0.29) is 43.8 Å². The van der Waals surface area contributed by atoms with Gasteiger partial charge in [0.15, 0.2) is 0 Å². The van der Waals surface area contributed by atoms with Crippen LogP contribution in [0.15, 0.2) is 25.3 Å². The minimum atomic E-state index is -0.693. The SMILES string of the molecule is C=CC[C@@H](CO)C[C@@H](CO)NC(=O)OC(C)(C)C.C=CC[C@@H](CO)C[C@H]1COC(C)(C)N1C(=O)OC(C)(C)C. The molecule has 0 spiro atoms. The van der Waals surface area contributed by atoms with Crippen molar-refractivity contribution in [2.45, 2.75) is 110 Å². The number of nitrogens with zero attached hydrogens (tertiary/aromatic N) is 1. The molecule has 10 heteroatoms. The molecule has 1 fully saturated rings. The quantitative estimate of drug-likeness (QED) is 0.259. The van der Waals surface area contributed by atoms with Crippen LogP contribution in [0.25, 0.3) is 0 Å². The lowest BCUT2D eigenvalue weighted by molar-refractivity contribution is -0.0633. The third-order valence-corrected chi connectivity index (χ3v) is 5.85. The molecule has 4 N–H and O–H groups in total. The number of aliphatic hydroxyl groups excluding tert-OH is 3. The summed E-state index contributed by atoms with van der Waals surface area (Å²) < 4.78 is 16.3. The molecular weight excluding hydrogens is 504 g/mol. The van der Waals surface area contributed by atoms with Gasteiger partial charge in [-0.25, -0.2) is 9.59 Å². The largest absolute Gasteiger partial charge is 0.444 e. The third-order valence-electron chi connectivity index (χ3n) is 5.85. The van der Waals surface area contributed by atoms with Gasteiger partial charge in [-0.2, -0.15) is 0 Å². The molecule has 10 nitrogen and oxygen atoms in total. The molecule has 0 saturated carbocycles. The van der Waals surface area contributed by atoms with E-state index in [0.29, 0.717) is 25.9 Å². The summed E-state index contributed by atoms with van der Waals surface area (Å²) in [5, 5.41) is 30.4. The molecule has 1 aliphatic rings. The Balaban J connectivity index is 0.000000751. The van der Waals surface area contributed by atoms with Crippen molar-refractivity contribution in [3.05, 3.63) is 25.3 Å². The van der Waals surface area contributed by atoms with Crippen LogP contribution in [-0.2, 0) is 14.2 Å². The van der Waals surface area contributed by atoms with Gasteiger partial charge in [0, 0.05) is 13.2 Å². The minimum absolute atomic E-state index is 0.00147. The number of allylic oxidation sites excluding steroid dienone is 2. The molecule has 2 amide bonds. The van der Waals surface area contributed by atoms with Crippen LogP contribution in [0.4, 0.5) is 9.59 Å². The summed E-state index contributed by atoms with van der Waals surface area (Å²) in [6.45, 7) is 22.2. The number of aliphatic hydroxyl groups is 3. The van der Waals surface area contributed by atoms with Crippen molar-refractivity contribution < 1.29 is 39.1 Å². The monoisotopic (exact) mass is 558 g/mol. The smallest absolute Gasteiger partial charge is 0.412 e. The summed E-state index contributed by atoms with van der Waals surface area (Å²) in [6, 6.07) is -0.510. The highest BCUT2D eigenvalue weighted by Gasteiger charge is 2.46. The van der Waals surface area contributed by atoms with E-state index in [4.69, 9.17) is 19.3 Å².